The zero-order chi connectivity index (χ0) is 20.4. The second-order valence-corrected chi connectivity index (χ2v) is 7.92. The fourth-order valence-corrected chi connectivity index (χ4v) is 4.36. The number of hydrogen-bond donors (Lipinski definition) is 1. The van der Waals surface area contributed by atoms with E-state index >= 15 is 0 Å². The molecule has 1 aromatic heterocycles. The molecular weight excluding hydrogens is 371 g/mol. The highest BCUT2D eigenvalue weighted by molar-refractivity contribution is 5.94. The lowest BCUT2D eigenvalue weighted by Gasteiger charge is -2.33. The average molecular weight is 398 g/mol. The Morgan fingerprint density at radius 3 is 2.76 bits per heavy atom. The lowest BCUT2D eigenvalue weighted by atomic mass is 10.0. The van der Waals surface area contributed by atoms with Gasteiger partial charge < -0.3 is 10.2 Å². The van der Waals surface area contributed by atoms with E-state index in [4.69, 9.17) is 0 Å². The summed E-state index contributed by atoms with van der Waals surface area (Å²) in [7, 11) is 0. The molecule has 1 unspecified atom stereocenters. The molecule has 1 aliphatic heterocycles. The second kappa shape index (κ2) is 8.35. The van der Waals surface area contributed by atoms with Crippen LogP contribution in [0.1, 0.15) is 60.8 Å². The van der Waals surface area contributed by atoms with E-state index in [1.165, 1.54) is 12.1 Å². The van der Waals surface area contributed by atoms with Crippen molar-refractivity contribution in [2.24, 2.45) is 0 Å². The van der Waals surface area contributed by atoms with E-state index < -0.39 is 0 Å². The molecule has 0 radical (unpaired) electrons. The van der Waals surface area contributed by atoms with Gasteiger partial charge in [-0.25, -0.2) is 9.07 Å². The molecule has 7 heteroatoms. The minimum atomic E-state index is -0.293. The van der Waals surface area contributed by atoms with E-state index in [2.05, 4.69) is 10.4 Å². The molecule has 29 heavy (non-hydrogen) atoms. The summed E-state index contributed by atoms with van der Waals surface area (Å²) in [5.74, 6) is -0.315. The minimum absolute atomic E-state index is 0.000942. The molecule has 1 atom stereocenters. The summed E-state index contributed by atoms with van der Waals surface area (Å²) >= 11 is 0. The van der Waals surface area contributed by atoms with Crippen LogP contribution in [0.15, 0.2) is 24.3 Å². The highest BCUT2D eigenvalue weighted by atomic mass is 19.1. The summed E-state index contributed by atoms with van der Waals surface area (Å²) in [6, 6.07) is 6.20. The number of carbonyl (C=O) groups is 2. The first-order valence-electron chi connectivity index (χ1n) is 10.5. The van der Waals surface area contributed by atoms with Crippen LogP contribution in [0.2, 0.25) is 0 Å². The SMILES string of the molecule is CCCC(=O)NC1CCCN(C(=O)c2nn(-c3ccc(F)cc3)c3c2CCC3)C1. The van der Waals surface area contributed by atoms with Crippen LogP contribution < -0.4 is 5.32 Å². The van der Waals surface area contributed by atoms with Gasteiger partial charge in [0.25, 0.3) is 5.91 Å². The molecule has 1 aliphatic carbocycles. The fourth-order valence-electron chi connectivity index (χ4n) is 4.36. The number of halogens is 1. The van der Waals surface area contributed by atoms with Gasteiger partial charge >= 0.3 is 0 Å². The first-order chi connectivity index (χ1) is 14.1. The standard InChI is InChI=1S/C22H27FN4O2/c1-2-5-20(28)24-16-6-4-13-26(14-16)22(29)21-18-7-3-8-19(18)27(25-21)17-11-9-15(23)10-12-17/h9-12,16H,2-8,13-14H2,1H3,(H,24,28). The number of nitrogens with zero attached hydrogens (tertiary/aromatic N) is 3. The van der Waals surface area contributed by atoms with E-state index in [1.807, 2.05) is 11.8 Å². The molecule has 1 fully saturated rings. The van der Waals surface area contributed by atoms with Crippen LogP contribution in [0, 0.1) is 5.82 Å². The van der Waals surface area contributed by atoms with E-state index in [1.54, 1.807) is 16.8 Å². The van der Waals surface area contributed by atoms with Crippen molar-refractivity contribution in [3.63, 3.8) is 0 Å². The van der Waals surface area contributed by atoms with E-state index in [0.29, 0.717) is 25.2 Å². The van der Waals surface area contributed by atoms with Crippen LogP contribution in [-0.4, -0.2) is 45.6 Å². The van der Waals surface area contributed by atoms with Gasteiger partial charge in [-0.15, -0.1) is 0 Å². The van der Waals surface area contributed by atoms with Gasteiger partial charge in [0.1, 0.15) is 5.82 Å². The monoisotopic (exact) mass is 398 g/mol. The van der Waals surface area contributed by atoms with E-state index in [-0.39, 0.29) is 23.7 Å². The van der Waals surface area contributed by atoms with Crippen molar-refractivity contribution in [2.45, 2.75) is 57.9 Å². The Bertz CT molecular complexity index is 906. The molecule has 1 N–H and O–H groups in total. The topological polar surface area (TPSA) is 67.2 Å². The molecule has 1 saturated heterocycles. The molecule has 0 saturated carbocycles. The maximum absolute atomic E-state index is 13.3. The zero-order valence-electron chi connectivity index (χ0n) is 16.8. The summed E-state index contributed by atoms with van der Waals surface area (Å²) < 4.78 is 15.1. The lowest BCUT2D eigenvalue weighted by molar-refractivity contribution is -0.122. The quantitative estimate of drug-likeness (QED) is 0.842. The molecule has 4 rings (SSSR count). The highest BCUT2D eigenvalue weighted by Crippen LogP contribution is 2.29. The van der Waals surface area contributed by atoms with Gasteiger partial charge in [-0.05, 0) is 62.8 Å². The van der Waals surface area contributed by atoms with Crippen molar-refractivity contribution in [1.82, 2.24) is 20.0 Å². The molecule has 0 bridgehead atoms. The third-order valence-electron chi connectivity index (χ3n) is 5.75. The zero-order valence-corrected chi connectivity index (χ0v) is 16.8. The van der Waals surface area contributed by atoms with Crippen LogP contribution in [0.4, 0.5) is 4.39 Å². The number of hydrogen-bond acceptors (Lipinski definition) is 3. The van der Waals surface area contributed by atoms with Gasteiger partial charge in [-0.1, -0.05) is 6.92 Å². The second-order valence-electron chi connectivity index (χ2n) is 7.92. The van der Waals surface area contributed by atoms with E-state index in [0.717, 1.165) is 55.5 Å². The van der Waals surface area contributed by atoms with Crippen molar-refractivity contribution in [3.05, 3.63) is 47.0 Å². The number of carbonyl (C=O) groups excluding carboxylic acids is 2. The predicted molar refractivity (Wildman–Crippen MR) is 108 cm³/mol. The van der Waals surface area contributed by atoms with Crippen LogP contribution in [0.5, 0.6) is 0 Å². The summed E-state index contributed by atoms with van der Waals surface area (Å²) in [6.45, 7) is 3.18. The molecule has 154 valence electrons. The summed E-state index contributed by atoms with van der Waals surface area (Å²) in [5, 5.41) is 7.69. The number of likely N-dealkylation sites (tertiary alicyclic amines) is 1. The predicted octanol–water partition coefficient (Wildman–Crippen LogP) is 3.02. The minimum Gasteiger partial charge on any atom is -0.352 e. The number of fused-ring (bicyclic) bond motifs is 1. The number of rotatable bonds is 5. The summed E-state index contributed by atoms with van der Waals surface area (Å²) in [6.07, 6.45) is 5.77. The molecular formula is C22H27FN4O2. The van der Waals surface area contributed by atoms with Gasteiger partial charge in [-0.2, -0.15) is 5.10 Å². The molecule has 0 spiro atoms. The fraction of sp³-hybridized carbons (Fsp3) is 0.500. The molecule has 1 aromatic carbocycles. The smallest absolute Gasteiger partial charge is 0.274 e. The van der Waals surface area contributed by atoms with Gasteiger partial charge in [0.15, 0.2) is 5.69 Å². The largest absolute Gasteiger partial charge is 0.352 e. The van der Waals surface area contributed by atoms with Gasteiger partial charge in [-0.3, -0.25) is 9.59 Å². The van der Waals surface area contributed by atoms with Gasteiger partial charge in [0, 0.05) is 36.8 Å². The molecule has 2 aromatic rings. The van der Waals surface area contributed by atoms with Crippen LogP contribution in [0.3, 0.4) is 0 Å². The summed E-state index contributed by atoms with van der Waals surface area (Å²) in [5.41, 5.74) is 3.33. The van der Waals surface area contributed by atoms with Gasteiger partial charge in [0.05, 0.1) is 5.69 Å². The Hall–Kier alpha value is -2.70. The Morgan fingerprint density at radius 2 is 2.00 bits per heavy atom. The van der Waals surface area contributed by atoms with Gasteiger partial charge in [0.2, 0.25) is 5.91 Å². The van der Waals surface area contributed by atoms with Crippen molar-refractivity contribution >= 4 is 11.8 Å². The molecule has 2 heterocycles. The maximum Gasteiger partial charge on any atom is 0.274 e. The van der Waals surface area contributed by atoms with Crippen molar-refractivity contribution in [2.75, 3.05) is 13.1 Å². The molecule has 6 nitrogen and oxygen atoms in total. The third kappa shape index (κ3) is 4.04. The Balaban J connectivity index is 1.55. The van der Waals surface area contributed by atoms with Crippen LogP contribution in [0.25, 0.3) is 5.69 Å². The maximum atomic E-state index is 13.3. The average Bonchev–Trinajstić information content (AvgIpc) is 3.31. The van der Waals surface area contributed by atoms with Crippen molar-refractivity contribution in [3.8, 4) is 5.69 Å². The van der Waals surface area contributed by atoms with E-state index in [9.17, 15) is 14.0 Å². The number of nitrogens with one attached hydrogen (secondary N) is 1. The first kappa shape index (κ1) is 19.6. The Morgan fingerprint density at radius 1 is 1.21 bits per heavy atom. The number of piperidine rings is 1. The summed E-state index contributed by atoms with van der Waals surface area (Å²) in [4.78, 5) is 27.0. The van der Waals surface area contributed by atoms with Crippen molar-refractivity contribution in [1.29, 1.82) is 0 Å². The third-order valence-corrected chi connectivity index (χ3v) is 5.75. The molecule has 2 amide bonds. The normalized spacial score (nSPS) is 18.6. The Kier molecular flexibility index (Phi) is 5.65. The van der Waals surface area contributed by atoms with Crippen molar-refractivity contribution < 1.29 is 14.0 Å². The number of aromatic nitrogens is 2. The lowest BCUT2D eigenvalue weighted by Crippen LogP contribution is -2.49. The first-order valence-corrected chi connectivity index (χ1v) is 10.5. The number of benzene rings is 1. The van der Waals surface area contributed by atoms with Crippen LogP contribution in [-0.2, 0) is 17.6 Å². The number of amides is 2. The highest BCUT2D eigenvalue weighted by Gasteiger charge is 2.32. The Labute approximate surface area is 170 Å². The molecule has 2 aliphatic rings. The van der Waals surface area contributed by atoms with Crippen LogP contribution >= 0.6 is 0 Å².